The zero-order chi connectivity index (χ0) is 28.2. The molecule has 9 heteroatoms. The van der Waals surface area contributed by atoms with Gasteiger partial charge in [-0.1, -0.05) is 40.2 Å². The molecule has 2 saturated carbocycles. The molecule has 212 valence electrons. The highest BCUT2D eigenvalue weighted by molar-refractivity contribution is 6.69. The summed E-state index contributed by atoms with van der Waals surface area (Å²) < 4.78 is 25.7. The molecule has 1 N–H and O–H groups in total. The number of ether oxygens (including phenoxy) is 3. The Morgan fingerprint density at radius 3 is 2.50 bits per heavy atom. The smallest absolute Gasteiger partial charge is 0.348 e. The Morgan fingerprint density at radius 2 is 1.89 bits per heavy atom. The molecule has 11 atom stereocenters. The van der Waals surface area contributed by atoms with Crippen LogP contribution in [0.15, 0.2) is 11.6 Å². The van der Waals surface area contributed by atoms with Crippen molar-refractivity contribution in [3.63, 3.8) is 0 Å². The van der Waals surface area contributed by atoms with Crippen LogP contribution in [0, 0.1) is 46.3 Å². The molecule has 1 unspecified atom stereocenters. The minimum atomic E-state index is -2.30. The van der Waals surface area contributed by atoms with E-state index in [0.29, 0.717) is 6.42 Å². The minimum absolute atomic E-state index is 0.0519. The second-order valence-electron chi connectivity index (χ2n) is 14.2. The van der Waals surface area contributed by atoms with Gasteiger partial charge in [0.05, 0.1) is 6.61 Å². The highest BCUT2D eigenvalue weighted by atomic mass is 28.4. The molecule has 0 aromatic carbocycles. The van der Waals surface area contributed by atoms with E-state index < -0.39 is 72.9 Å². The Morgan fingerprint density at radius 1 is 1.24 bits per heavy atom. The summed E-state index contributed by atoms with van der Waals surface area (Å²) in [6, 6.07) is 0. The molecule has 3 aliphatic carbocycles. The van der Waals surface area contributed by atoms with Gasteiger partial charge in [0, 0.05) is 29.6 Å². The first-order valence-corrected chi connectivity index (χ1v) is 17.6. The molecule has 0 amide bonds. The fourth-order valence-electron chi connectivity index (χ4n) is 9.10. The number of carbonyl (C=O) groups is 3. The number of carbonyl (C=O) groups excluding carboxylic acids is 3. The third-order valence-corrected chi connectivity index (χ3v) is 11.3. The average molecular weight is 549 g/mol. The molecule has 2 bridgehead atoms. The van der Waals surface area contributed by atoms with Gasteiger partial charge in [0.2, 0.25) is 6.10 Å². The molecule has 4 fully saturated rings. The van der Waals surface area contributed by atoms with Crippen LogP contribution < -0.4 is 0 Å². The van der Waals surface area contributed by atoms with Crippen molar-refractivity contribution in [1.82, 2.24) is 0 Å². The van der Waals surface area contributed by atoms with Crippen molar-refractivity contribution in [3.8, 4) is 0 Å². The Hall–Kier alpha value is -1.55. The van der Waals surface area contributed by atoms with Crippen molar-refractivity contribution in [2.45, 2.75) is 98.1 Å². The Kier molecular flexibility index (Phi) is 6.42. The number of fused-ring (bicyclic) bond motifs is 1. The molecule has 0 radical (unpaired) electrons. The number of aliphatic hydroxyl groups excluding tert-OH is 1. The van der Waals surface area contributed by atoms with E-state index in [1.54, 1.807) is 6.08 Å². The predicted octanol–water partition coefficient (Wildman–Crippen LogP) is 3.87. The maximum absolute atomic E-state index is 13.5. The normalized spacial score (nSPS) is 47.7. The molecular weight excluding hydrogens is 504 g/mol. The Balaban J connectivity index is 1.73. The summed E-state index contributed by atoms with van der Waals surface area (Å²) in [5.74, 6) is -4.10. The first kappa shape index (κ1) is 28.0. The second kappa shape index (κ2) is 8.72. The quantitative estimate of drug-likeness (QED) is 0.408. The SMILES string of the molecule is CC1=CC(=O)[C@@H](C)[C@]2(C)[C@@H]3C45CO[C@]3(O[Si](C)(C)C)[C@H](O)[C@H](C)[C@@H]4[C@@H](OC(=O)CC(C)C)C(=O)O[C@@H]5C[C@@H]12. The molecule has 1 spiro atoms. The largest absolute Gasteiger partial charge is 0.459 e. The van der Waals surface area contributed by atoms with Crippen LogP contribution >= 0.6 is 0 Å². The van der Waals surface area contributed by atoms with Gasteiger partial charge in [-0.3, -0.25) is 9.59 Å². The zero-order valence-corrected chi connectivity index (χ0v) is 25.2. The van der Waals surface area contributed by atoms with Gasteiger partial charge < -0.3 is 23.7 Å². The molecule has 2 aliphatic heterocycles. The van der Waals surface area contributed by atoms with Crippen molar-refractivity contribution in [3.05, 3.63) is 11.6 Å². The average Bonchev–Trinajstić information content (AvgIpc) is 3.08. The minimum Gasteiger partial charge on any atom is -0.459 e. The Bertz CT molecular complexity index is 1080. The number of hydrogen-bond donors (Lipinski definition) is 1. The van der Waals surface area contributed by atoms with E-state index >= 15 is 0 Å². The number of aliphatic hydroxyl groups is 1. The lowest BCUT2D eigenvalue weighted by atomic mass is 9.37. The molecular formula is C29H44O8Si. The van der Waals surface area contributed by atoms with Gasteiger partial charge in [0.1, 0.15) is 12.2 Å². The molecule has 0 aromatic heterocycles. The molecule has 0 aromatic rings. The Labute approximate surface area is 226 Å². The van der Waals surface area contributed by atoms with Crippen molar-refractivity contribution in [2.75, 3.05) is 6.61 Å². The molecule has 2 heterocycles. The topological polar surface area (TPSA) is 108 Å². The standard InChI is InChI=1S/C29H44O8Si/c1-14(2)10-21(31)36-23-22-16(4)24(32)29(37-38(7,8)9)26-27(6)17(5)19(30)11-15(3)18(27)12-20(35-25(23)33)28(22,26)13-34-29/h11,14,16-18,20,22-24,26,32H,10,12-13H2,1-9H3/t16-,17-,18+,20-,22-,23-,24-,26-,27+,28?,29+/m1/s1. The van der Waals surface area contributed by atoms with Gasteiger partial charge in [-0.2, -0.15) is 0 Å². The van der Waals surface area contributed by atoms with Gasteiger partial charge >= 0.3 is 11.9 Å². The van der Waals surface area contributed by atoms with Crippen LogP contribution in [0.1, 0.15) is 54.4 Å². The predicted molar refractivity (Wildman–Crippen MR) is 141 cm³/mol. The third-order valence-electron chi connectivity index (χ3n) is 10.4. The second-order valence-corrected chi connectivity index (χ2v) is 18.6. The van der Waals surface area contributed by atoms with E-state index in [1.807, 2.05) is 34.6 Å². The lowest BCUT2D eigenvalue weighted by molar-refractivity contribution is -0.329. The van der Waals surface area contributed by atoms with Gasteiger partial charge in [0.15, 0.2) is 19.9 Å². The summed E-state index contributed by atoms with van der Waals surface area (Å²) in [5, 5.41) is 12.1. The van der Waals surface area contributed by atoms with Crippen LogP contribution in [0.5, 0.6) is 0 Å². The van der Waals surface area contributed by atoms with Gasteiger partial charge in [-0.05, 0) is 62.2 Å². The highest BCUT2D eigenvalue weighted by Crippen LogP contribution is 2.75. The van der Waals surface area contributed by atoms with Crippen molar-refractivity contribution >= 4 is 26.0 Å². The summed E-state index contributed by atoms with van der Waals surface area (Å²) in [6.07, 6.45) is -0.276. The van der Waals surface area contributed by atoms with Crippen LogP contribution in [0.4, 0.5) is 0 Å². The van der Waals surface area contributed by atoms with Crippen molar-refractivity contribution < 1.29 is 38.1 Å². The summed E-state index contributed by atoms with van der Waals surface area (Å²) in [5.41, 5.74) is -0.441. The molecule has 38 heavy (non-hydrogen) atoms. The monoisotopic (exact) mass is 548 g/mol. The van der Waals surface area contributed by atoms with Crippen LogP contribution in [0.2, 0.25) is 19.6 Å². The van der Waals surface area contributed by atoms with Crippen LogP contribution in [-0.2, 0) is 33.0 Å². The van der Waals surface area contributed by atoms with Crippen LogP contribution in [0.25, 0.3) is 0 Å². The van der Waals surface area contributed by atoms with Gasteiger partial charge in [0.25, 0.3) is 0 Å². The number of hydrogen-bond acceptors (Lipinski definition) is 8. The highest BCUT2D eigenvalue weighted by Gasteiger charge is 2.84. The van der Waals surface area contributed by atoms with Crippen LogP contribution in [0.3, 0.4) is 0 Å². The fraction of sp³-hybridized carbons (Fsp3) is 0.828. The van der Waals surface area contributed by atoms with E-state index in [2.05, 4.69) is 26.6 Å². The summed E-state index contributed by atoms with van der Waals surface area (Å²) >= 11 is 0. The van der Waals surface area contributed by atoms with E-state index in [9.17, 15) is 19.5 Å². The maximum atomic E-state index is 13.5. The molecule has 5 aliphatic rings. The van der Waals surface area contributed by atoms with E-state index in [1.165, 1.54) is 0 Å². The van der Waals surface area contributed by atoms with Crippen molar-refractivity contribution in [2.24, 2.45) is 46.3 Å². The number of esters is 2. The van der Waals surface area contributed by atoms with Crippen LogP contribution in [-0.4, -0.2) is 61.9 Å². The van der Waals surface area contributed by atoms with Crippen molar-refractivity contribution in [1.29, 1.82) is 0 Å². The first-order chi connectivity index (χ1) is 17.5. The first-order valence-electron chi connectivity index (χ1n) is 14.1. The lowest BCUT2D eigenvalue weighted by Gasteiger charge is -2.69. The summed E-state index contributed by atoms with van der Waals surface area (Å²) in [6.45, 7) is 18.2. The van der Waals surface area contributed by atoms with E-state index in [0.717, 1.165) is 5.57 Å². The van der Waals surface area contributed by atoms with Gasteiger partial charge in [-0.15, -0.1) is 0 Å². The van der Waals surface area contributed by atoms with E-state index in [-0.39, 0.29) is 36.6 Å². The molecule has 2 saturated heterocycles. The van der Waals surface area contributed by atoms with E-state index in [4.69, 9.17) is 18.6 Å². The summed E-state index contributed by atoms with van der Waals surface area (Å²) in [7, 11) is -2.30. The van der Waals surface area contributed by atoms with Gasteiger partial charge in [-0.25, -0.2) is 4.79 Å². The molecule has 5 rings (SSSR count). The summed E-state index contributed by atoms with van der Waals surface area (Å²) in [4.78, 5) is 39.7. The lowest BCUT2D eigenvalue weighted by Crippen LogP contribution is -2.78. The fourth-order valence-corrected chi connectivity index (χ4v) is 10.4. The number of ketones is 1. The number of rotatable bonds is 5. The maximum Gasteiger partial charge on any atom is 0.348 e. The third kappa shape index (κ3) is 3.60. The zero-order valence-electron chi connectivity index (χ0n) is 24.2. The number of allylic oxidation sites excluding steroid dienone is 2. The molecule has 8 nitrogen and oxygen atoms in total.